The molecule has 1 aromatic carbocycles. The standard InChI is InChI=1S/C17H24N4.HI/c1-5-18-16(21-17(2,3)4)20-12-15-14-9-7-6-8-13(14)10-11-19-15;/h6-11H,5,12H2,1-4H3,(H2,18,20,21);1H. The Morgan fingerprint density at radius 2 is 1.91 bits per heavy atom. The van der Waals surface area contributed by atoms with Crippen molar-refractivity contribution < 1.29 is 0 Å². The molecule has 2 aromatic rings. The first-order valence-electron chi connectivity index (χ1n) is 7.39. The third-order valence-corrected chi connectivity index (χ3v) is 2.98. The number of rotatable bonds is 3. The summed E-state index contributed by atoms with van der Waals surface area (Å²) >= 11 is 0. The molecule has 0 bridgehead atoms. The summed E-state index contributed by atoms with van der Waals surface area (Å²) in [5.74, 6) is 0.819. The molecule has 1 heterocycles. The maximum Gasteiger partial charge on any atom is 0.192 e. The Bertz CT molecular complexity index is 627. The fourth-order valence-electron chi connectivity index (χ4n) is 2.12. The summed E-state index contributed by atoms with van der Waals surface area (Å²) < 4.78 is 0. The summed E-state index contributed by atoms with van der Waals surface area (Å²) in [5.41, 5.74) is 0.979. The van der Waals surface area contributed by atoms with E-state index in [4.69, 9.17) is 0 Å². The number of pyridine rings is 1. The molecule has 2 rings (SSSR count). The molecule has 0 fully saturated rings. The van der Waals surface area contributed by atoms with E-state index in [0.717, 1.165) is 23.6 Å². The number of nitrogens with one attached hydrogen (secondary N) is 2. The highest BCUT2D eigenvalue weighted by Gasteiger charge is 2.11. The number of aliphatic imine (C=N–C) groups is 1. The molecule has 0 amide bonds. The van der Waals surface area contributed by atoms with Crippen molar-refractivity contribution in [2.45, 2.75) is 39.8 Å². The number of hydrogen-bond acceptors (Lipinski definition) is 2. The van der Waals surface area contributed by atoms with Crippen molar-refractivity contribution >= 4 is 40.7 Å². The minimum Gasteiger partial charge on any atom is -0.357 e. The zero-order valence-corrected chi connectivity index (χ0v) is 16.0. The van der Waals surface area contributed by atoms with Gasteiger partial charge in [-0.2, -0.15) is 0 Å². The zero-order valence-electron chi connectivity index (χ0n) is 13.7. The van der Waals surface area contributed by atoms with Gasteiger partial charge in [-0.05, 0) is 39.1 Å². The maximum atomic E-state index is 4.65. The Labute approximate surface area is 149 Å². The minimum absolute atomic E-state index is 0. The monoisotopic (exact) mass is 412 g/mol. The molecule has 0 atom stereocenters. The van der Waals surface area contributed by atoms with Crippen LogP contribution in [0.5, 0.6) is 0 Å². The lowest BCUT2D eigenvalue weighted by atomic mass is 10.1. The van der Waals surface area contributed by atoms with E-state index in [9.17, 15) is 0 Å². The fraction of sp³-hybridized carbons (Fsp3) is 0.412. The van der Waals surface area contributed by atoms with Crippen LogP contribution in [0.25, 0.3) is 10.8 Å². The van der Waals surface area contributed by atoms with Crippen molar-refractivity contribution in [3.8, 4) is 0 Å². The van der Waals surface area contributed by atoms with Crippen LogP contribution in [0.4, 0.5) is 0 Å². The van der Waals surface area contributed by atoms with Gasteiger partial charge in [0.05, 0.1) is 12.2 Å². The molecule has 0 unspecified atom stereocenters. The molecule has 0 saturated carbocycles. The van der Waals surface area contributed by atoms with E-state index in [-0.39, 0.29) is 29.5 Å². The fourth-order valence-corrected chi connectivity index (χ4v) is 2.12. The molecular formula is C17H25IN4. The van der Waals surface area contributed by atoms with Crippen molar-refractivity contribution in [3.05, 3.63) is 42.2 Å². The Balaban J connectivity index is 0.00000242. The van der Waals surface area contributed by atoms with E-state index in [1.54, 1.807) is 0 Å². The number of guanidine groups is 1. The molecule has 0 spiro atoms. The van der Waals surface area contributed by atoms with Gasteiger partial charge in [0.15, 0.2) is 5.96 Å². The number of aromatic nitrogens is 1. The average Bonchev–Trinajstić information content (AvgIpc) is 2.43. The van der Waals surface area contributed by atoms with Crippen molar-refractivity contribution in [1.29, 1.82) is 0 Å². The lowest BCUT2D eigenvalue weighted by Crippen LogP contribution is -2.47. The highest BCUT2D eigenvalue weighted by Crippen LogP contribution is 2.16. The Hall–Kier alpha value is -1.37. The van der Waals surface area contributed by atoms with Crippen molar-refractivity contribution in [1.82, 2.24) is 15.6 Å². The molecule has 2 N–H and O–H groups in total. The highest BCUT2D eigenvalue weighted by atomic mass is 127. The molecule has 1 aromatic heterocycles. The van der Waals surface area contributed by atoms with Gasteiger partial charge in [0, 0.05) is 23.7 Å². The third kappa shape index (κ3) is 5.44. The molecule has 4 nitrogen and oxygen atoms in total. The number of fused-ring (bicyclic) bond motifs is 1. The number of nitrogens with zero attached hydrogens (tertiary/aromatic N) is 2. The molecule has 0 saturated heterocycles. The van der Waals surface area contributed by atoms with E-state index < -0.39 is 0 Å². The number of halogens is 1. The number of hydrogen-bond donors (Lipinski definition) is 2. The van der Waals surface area contributed by atoms with Crippen LogP contribution in [-0.2, 0) is 6.54 Å². The first-order valence-corrected chi connectivity index (χ1v) is 7.39. The van der Waals surface area contributed by atoms with Crippen molar-refractivity contribution in [2.24, 2.45) is 4.99 Å². The average molecular weight is 412 g/mol. The van der Waals surface area contributed by atoms with Gasteiger partial charge in [0.25, 0.3) is 0 Å². The SMILES string of the molecule is CCNC(=NCc1nccc2ccccc12)NC(C)(C)C.I. The lowest BCUT2D eigenvalue weighted by molar-refractivity contribution is 0.501. The summed E-state index contributed by atoms with van der Waals surface area (Å²) in [4.78, 5) is 9.12. The number of benzene rings is 1. The third-order valence-electron chi connectivity index (χ3n) is 2.98. The Morgan fingerprint density at radius 1 is 1.18 bits per heavy atom. The first kappa shape index (κ1) is 18.7. The molecule has 22 heavy (non-hydrogen) atoms. The minimum atomic E-state index is -0.0206. The van der Waals surface area contributed by atoms with Crippen LogP contribution in [0.1, 0.15) is 33.4 Å². The van der Waals surface area contributed by atoms with E-state index in [1.807, 2.05) is 24.4 Å². The topological polar surface area (TPSA) is 49.3 Å². The lowest BCUT2D eigenvalue weighted by Gasteiger charge is -2.23. The van der Waals surface area contributed by atoms with Crippen molar-refractivity contribution in [2.75, 3.05) is 6.54 Å². The van der Waals surface area contributed by atoms with Gasteiger partial charge in [-0.1, -0.05) is 24.3 Å². The smallest absolute Gasteiger partial charge is 0.192 e. The van der Waals surface area contributed by atoms with Gasteiger partial charge in [-0.15, -0.1) is 24.0 Å². The summed E-state index contributed by atoms with van der Waals surface area (Å²) in [6, 6.07) is 10.3. The van der Waals surface area contributed by atoms with Gasteiger partial charge in [0.1, 0.15) is 0 Å². The second-order valence-corrected chi connectivity index (χ2v) is 6.05. The van der Waals surface area contributed by atoms with Crippen molar-refractivity contribution in [3.63, 3.8) is 0 Å². The predicted molar refractivity (Wildman–Crippen MR) is 105 cm³/mol. The summed E-state index contributed by atoms with van der Waals surface area (Å²) in [5, 5.41) is 9.02. The molecule has 0 aliphatic heterocycles. The summed E-state index contributed by atoms with van der Waals surface area (Å²) in [7, 11) is 0. The predicted octanol–water partition coefficient (Wildman–Crippen LogP) is 3.71. The molecule has 5 heteroatoms. The molecule has 120 valence electrons. The van der Waals surface area contributed by atoms with Gasteiger partial charge >= 0.3 is 0 Å². The van der Waals surface area contributed by atoms with E-state index in [2.05, 4.69) is 60.4 Å². The highest BCUT2D eigenvalue weighted by molar-refractivity contribution is 14.0. The van der Waals surface area contributed by atoms with Gasteiger partial charge in [-0.3, -0.25) is 4.98 Å². The zero-order chi connectivity index (χ0) is 15.3. The second kappa shape index (κ2) is 8.31. The van der Waals surface area contributed by atoms with Crippen LogP contribution in [0.2, 0.25) is 0 Å². The summed E-state index contributed by atoms with van der Waals surface area (Å²) in [6.07, 6.45) is 1.84. The summed E-state index contributed by atoms with van der Waals surface area (Å²) in [6.45, 7) is 9.83. The van der Waals surface area contributed by atoms with E-state index in [1.165, 1.54) is 5.39 Å². The quantitative estimate of drug-likeness (QED) is 0.459. The van der Waals surface area contributed by atoms with Crippen LogP contribution in [0, 0.1) is 0 Å². The largest absolute Gasteiger partial charge is 0.357 e. The Kier molecular flexibility index (Phi) is 7.06. The van der Waals surface area contributed by atoms with Crippen LogP contribution in [-0.4, -0.2) is 23.0 Å². The van der Waals surface area contributed by atoms with E-state index >= 15 is 0 Å². The molecule has 0 aliphatic rings. The second-order valence-electron chi connectivity index (χ2n) is 6.05. The van der Waals surface area contributed by atoms with E-state index in [0.29, 0.717) is 6.54 Å². The Morgan fingerprint density at radius 3 is 2.59 bits per heavy atom. The van der Waals surface area contributed by atoms with Gasteiger partial charge < -0.3 is 10.6 Å². The molecule has 0 radical (unpaired) electrons. The normalized spacial score (nSPS) is 11.9. The molecule has 0 aliphatic carbocycles. The van der Waals surface area contributed by atoms with Gasteiger partial charge in [0.2, 0.25) is 0 Å². The maximum absolute atomic E-state index is 4.65. The van der Waals surface area contributed by atoms with Crippen LogP contribution >= 0.6 is 24.0 Å². The first-order chi connectivity index (χ1) is 9.99. The van der Waals surface area contributed by atoms with Crippen LogP contribution < -0.4 is 10.6 Å². The van der Waals surface area contributed by atoms with Crippen LogP contribution in [0.15, 0.2) is 41.5 Å². The van der Waals surface area contributed by atoms with Crippen LogP contribution in [0.3, 0.4) is 0 Å². The van der Waals surface area contributed by atoms with Gasteiger partial charge in [-0.25, -0.2) is 4.99 Å². The molecular weight excluding hydrogens is 387 g/mol.